The first-order valence-corrected chi connectivity index (χ1v) is 8.11. The number of benzene rings is 1. The summed E-state index contributed by atoms with van der Waals surface area (Å²) in [7, 11) is 0. The number of rotatable bonds is 6. The highest BCUT2D eigenvalue weighted by Gasteiger charge is 2.40. The number of carbonyl (C=O) groups is 4. The van der Waals surface area contributed by atoms with E-state index < -0.39 is 46.4 Å². The van der Waals surface area contributed by atoms with E-state index in [0.717, 1.165) is 11.0 Å². The molecule has 0 aromatic heterocycles. The van der Waals surface area contributed by atoms with E-state index >= 15 is 0 Å². The molecule has 1 aliphatic heterocycles. The zero-order valence-corrected chi connectivity index (χ0v) is 15.1. The largest absolute Gasteiger partial charge is 0.456 e. The maximum absolute atomic E-state index is 12.4. The minimum Gasteiger partial charge on any atom is -0.456 e. The van der Waals surface area contributed by atoms with Crippen LogP contribution in [-0.4, -0.2) is 52.2 Å². The lowest BCUT2D eigenvalue weighted by molar-refractivity contribution is -0.385. The number of fused-ring (bicyclic) bond motifs is 1. The highest BCUT2D eigenvalue weighted by molar-refractivity contribution is 6.23. The maximum Gasteiger partial charge on any atom is 0.308 e. The molecule has 0 atom stereocenters. The van der Waals surface area contributed by atoms with Gasteiger partial charge < -0.3 is 10.1 Å². The fourth-order valence-corrected chi connectivity index (χ4v) is 2.55. The Morgan fingerprint density at radius 1 is 1.22 bits per heavy atom. The van der Waals surface area contributed by atoms with Crippen molar-refractivity contribution in [3.05, 3.63) is 39.4 Å². The third-order valence-corrected chi connectivity index (χ3v) is 3.59. The molecule has 0 saturated carbocycles. The Bertz CT molecular complexity index is 826. The summed E-state index contributed by atoms with van der Waals surface area (Å²) >= 11 is 0. The Labute approximate surface area is 154 Å². The number of nitro benzene ring substituents is 1. The smallest absolute Gasteiger partial charge is 0.308 e. The van der Waals surface area contributed by atoms with E-state index in [1.54, 1.807) is 20.8 Å². The van der Waals surface area contributed by atoms with Gasteiger partial charge in [-0.2, -0.15) is 0 Å². The molecule has 0 spiro atoms. The van der Waals surface area contributed by atoms with Crippen LogP contribution in [0, 0.1) is 10.1 Å². The van der Waals surface area contributed by atoms with Crippen molar-refractivity contribution in [2.75, 3.05) is 13.2 Å². The maximum atomic E-state index is 12.4. The minimum absolute atomic E-state index is 0.0767. The van der Waals surface area contributed by atoms with Gasteiger partial charge in [0.05, 0.1) is 16.9 Å². The molecule has 1 heterocycles. The van der Waals surface area contributed by atoms with E-state index in [1.807, 2.05) is 0 Å². The lowest BCUT2D eigenvalue weighted by Gasteiger charge is -2.20. The molecule has 0 unspecified atom stereocenters. The number of esters is 1. The fourth-order valence-electron chi connectivity index (χ4n) is 2.55. The number of hydrogen-bond acceptors (Lipinski definition) is 7. The number of carbonyl (C=O) groups excluding carboxylic acids is 4. The predicted molar refractivity (Wildman–Crippen MR) is 91.9 cm³/mol. The number of nitro groups is 1. The van der Waals surface area contributed by atoms with Crippen molar-refractivity contribution in [3.8, 4) is 0 Å². The third kappa shape index (κ3) is 4.66. The van der Waals surface area contributed by atoms with Crippen LogP contribution in [0.3, 0.4) is 0 Å². The Morgan fingerprint density at radius 2 is 1.89 bits per heavy atom. The van der Waals surface area contributed by atoms with Gasteiger partial charge >= 0.3 is 5.97 Å². The van der Waals surface area contributed by atoms with Gasteiger partial charge in [-0.3, -0.25) is 34.2 Å². The number of nitrogens with one attached hydrogen (secondary N) is 1. The number of amides is 3. The summed E-state index contributed by atoms with van der Waals surface area (Å²) in [5.41, 5.74) is -1.30. The van der Waals surface area contributed by atoms with Gasteiger partial charge in [0.25, 0.3) is 23.4 Å². The number of ether oxygens (including phenoxy) is 1. The topological polar surface area (TPSA) is 136 Å². The molecule has 1 aromatic rings. The quantitative estimate of drug-likeness (QED) is 0.338. The van der Waals surface area contributed by atoms with Gasteiger partial charge in [0.1, 0.15) is 5.56 Å². The summed E-state index contributed by atoms with van der Waals surface area (Å²) < 4.78 is 4.81. The molecule has 27 heavy (non-hydrogen) atoms. The van der Waals surface area contributed by atoms with Crippen LogP contribution in [0.25, 0.3) is 0 Å². The molecule has 1 aliphatic rings. The second kappa shape index (κ2) is 7.52. The second-order valence-corrected chi connectivity index (χ2v) is 6.93. The van der Waals surface area contributed by atoms with Crippen molar-refractivity contribution >= 4 is 29.4 Å². The Balaban J connectivity index is 1.95. The zero-order chi connectivity index (χ0) is 20.4. The van der Waals surface area contributed by atoms with Crippen LogP contribution in [0.5, 0.6) is 0 Å². The molecule has 144 valence electrons. The van der Waals surface area contributed by atoms with Crippen LogP contribution in [0.4, 0.5) is 5.69 Å². The van der Waals surface area contributed by atoms with Crippen LogP contribution in [-0.2, 0) is 14.3 Å². The van der Waals surface area contributed by atoms with Gasteiger partial charge in [-0.25, -0.2) is 0 Å². The van der Waals surface area contributed by atoms with Crippen LogP contribution in [0.15, 0.2) is 18.2 Å². The van der Waals surface area contributed by atoms with Crippen molar-refractivity contribution in [2.24, 2.45) is 0 Å². The first-order chi connectivity index (χ1) is 12.5. The molecule has 0 saturated heterocycles. The zero-order valence-electron chi connectivity index (χ0n) is 15.1. The highest BCUT2D eigenvalue weighted by Crippen LogP contribution is 2.30. The number of imide groups is 1. The molecular weight excluding hydrogens is 358 g/mol. The first kappa shape index (κ1) is 20.0. The molecule has 0 fully saturated rings. The van der Waals surface area contributed by atoms with Gasteiger partial charge in [-0.1, -0.05) is 6.07 Å². The van der Waals surface area contributed by atoms with Gasteiger partial charge in [-0.05, 0) is 26.8 Å². The Morgan fingerprint density at radius 3 is 2.48 bits per heavy atom. The fraction of sp³-hybridized carbons (Fsp3) is 0.412. The summed E-state index contributed by atoms with van der Waals surface area (Å²) in [6.45, 7) is 4.53. The molecule has 10 nitrogen and oxygen atoms in total. The molecule has 3 amide bonds. The van der Waals surface area contributed by atoms with Crippen molar-refractivity contribution in [1.29, 1.82) is 0 Å². The van der Waals surface area contributed by atoms with E-state index in [9.17, 15) is 29.3 Å². The van der Waals surface area contributed by atoms with Crippen LogP contribution >= 0.6 is 0 Å². The monoisotopic (exact) mass is 377 g/mol. The SMILES string of the molecule is CC(C)(C)NC(=O)COC(=O)CCN1C(=O)c2cccc([N+](=O)[O-])c2C1=O. The standard InChI is InChI=1S/C17H19N3O7/c1-17(2,3)18-12(21)9-27-13(22)7-8-19-15(23)10-5-4-6-11(20(25)26)14(10)16(19)24/h4-6H,7-9H2,1-3H3,(H,18,21). The molecule has 0 aliphatic carbocycles. The third-order valence-electron chi connectivity index (χ3n) is 3.59. The van der Waals surface area contributed by atoms with E-state index in [1.165, 1.54) is 12.1 Å². The average molecular weight is 377 g/mol. The molecule has 2 rings (SSSR count). The predicted octanol–water partition coefficient (Wildman–Crippen LogP) is 1.04. The average Bonchev–Trinajstić information content (AvgIpc) is 2.80. The normalized spacial score (nSPS) is 13.4. The van der Waals surface area contributed by atoms with E-state index in [0.29, 0.717) is 0 Å². The minimum atomic E-state index is -0.833. The van der Waals surface area contributed by atoms with Gasteiger partial charge in [0, 0.05) is 18.2 Å². The second-order valence-electron chi connectivity index (χ2n) is 6.93. The highest BCUT2D eigenvalue weighted by atomic mass is 16.6. The summed E-state index contributed by atoms with van der Waals surface area (Å²) in [5, 5.41) is 13.7. The Hall–Kier alpha value is -3.30. The molecular formula is C17H19N3O7. The van der Waals surface area contributed by atoms with E-state index in [4.69, 9.17) is 4.74 Å². The molecule has 10 heteroatoms. The van der Waals surface area contributed by atoms with Crippen LogP contribution in [0.1, 0.15) is 47.9 Å². The van der Waals surface area contributed by atoms with Gasteiger partial charge in [0.15, 0.2) is 6.61 Å². The van der Waals surface area contributed by atoms with Crippen molar-refractivity contribution in [3.63, 3.8) is 0 Å². The summed E-state index contributed by atoms with van der Waals surface area (Å²) in [6, 6.07) is 3.76. The molecule has 1 aromatic carbocycles. The molecule has 1 N–H and O–H groups in total. The van der Waals surface area contributed by atoms with Crippen molar-refractivity contribution in [1.82, 2.24) is 10.2 Å². The van der Waals surface area contributed by atoms with Crippen LogP contribution in [0.2, 0.25) is 0 Å². The summed E-state index contributed by atoms with van der Waals surface area (Å²) in [6.07, 6.45) is -0.331. The van der Waals surface area contributed by atoms with Crippen molar-refractivity contribution < 1.29 is 28.8 Å². The summed E-state index contributed by atoms with van der Waals surface area (Å²) in [5.74, 6) is -2.80. The van der Waals surface area contributed by atoms with E-state index in [-0.39, 0.29) is 24.1 Å². The summed E-state index contributed by atoms with van der Waals surface area (Å²) in [4.78, 5) is 59.1. The Kier molecular flexibility index (Phi) is 5.58. The lowest BCUT2D eigenvalue weighted by Crippen LogP contribution is -2.42. The molecule has 0 bridgehead atoms. The molecule has 0 radical (unpaired) electrons. The van der Waals surface area contributed by atoms with E-state index in [2.05, 4.69) is 5.32 Å². The number of hydrogen-bond donors (Lipinski definition) is 1. The van der Waals surface area contributed by atoms with Crippen LogP contribution < -0.4 is 5.32 Å². The first-order valence-electron chi connectivity index (χ1n) is 8.11. The van der Waals surface area contributed by atoms with Gasteiger partial charge in [-0.15, -0.1) is 0 Å². The van der Waals surface area contributed by atoms with Gasteiger partial charge in [0.2, 0.25) is 0 Å². The van der Waals surface area contributed by atoms with Crippen molar-refractivity contribution in [2.45, 2.75) is 32.7 Å². The number of nitrogens with zero attached hydrogens (tertiary/aromatic N) is 2. The lowest BCUT2D eigenvalue weighted by atomic mass is 10.1.